The van der Waals surface area contributed by atoms with E-state index in [9.17, 15) is 9.50 Å². The molecule has 0 fully saturated rings. The average Bonchev–Trinajstić information content (AvgIpc) is 2.69. The maximum atomic E-state index is 12.9. The molecule has 2 rings (SSSR count). The predicted molar refractivity (Wildman–Crippen MR) is 66.0 cm³/mol. The lowest BCUT2D eigenvalue weighted by atomic mass is 10.0. The summed E-state index contributed by atoms with van der Waals surface area (Å²) in [6, 6.07) is 4.44. The molecule has 1 atom stereocenters. The third-order valence-corrected chi connectivity index (χ3v) is 3.28. The van der Waals surface area contributed by atoms with Crippen molar-refractivity contribution in [3.63, 3.8) is 0 Å². The lowest BCUT2D eigenvalue weighted by molar-refractivity contribution is 0.178. The van der Waals surface area contributed by atoms with Crippen LogP contribution in [-0.4, -0.2) is 14.9 Å². The fourth-order valence-corrected chi connectivity index (χ4v) is 2.14. The van der Waals surface area contributed by atoms with Crippen LogP contribution < -0.4 is 0 Å². The normalized spacial score (nSPS) is 12.7. The van der Waals surface area contributed by atoms with Crippen LogP contribution in [0.1, 0.15) is 17.2 Å². The second kappa shape index (κ2) is 4.98. The van der Waals surface area contributed by atoms with Crippen LogP contribution in [0.3, 0.4) is 0 Å². The van der Waals surface area contributed by atoms with Gasteiger partial charge in [-0.15, -0.1) is 0 Å². The van der Waals surface area contributed by atoms with Gasteiger partial charge in [-0.25, -0.2) is 4.39 Å². The highest BCUT2D eigenvalue weighted by Crippen LogP contribution is 2.24. The first kappa shape index (κ1) is 12.3. The zero-order chi connectivity index (χ0) is 12.4. The summed E-state index contributed by atoms with van der Waals surface area (Å²) in [5.41, 5.74) is 1.62. The first-order chi connectivity index (χ1) is 8.06. The standard InChI is InChI=1S/C12H12BrFN2O/c1-16-7-9(6-15-16)12(17)4-8-2-3-10(14)5-11(8)13/h2-3,5-7,12,17H,4H2,1H3. The Bertz CT molecular complexity index is 527. The molecule has 1 N–H and O–H groups in total. The van der Waals surface area contributed by atoms with Crippen molar-refractivity contribution in [3.8, 4) is 0 Å². The number of aliphatic hydroxyl groups is 1. The topological polar surface area (TPSA) is 38.0 Å². The zero-order valence-electron chi connectivity index (χ0n) is 9.27. The van der Waals surface area contributed by atoms with Gasteiger partial charge < -0.3 is 5.11 Å². The minimum absolute atomic E-state index is 0.295. The first-order valence-electron chi connectivity index (χ1n) is 5.17. The quantitative estimate of drug-likeness (QED) is 0.946. The smallest absolute Gasteiger partial charge is 0.124 e. The molecule has 0 radical (unpaired) electrons. The molecule has 1 unspecified atom stereocenters. The van der Waals surface area contributed by atoms with Gasteiger partial charge in [0.15, 0.2) is 0 Å². The number of aromatic nitrogens is 2. The monoisotopic (exact) mass is 298 g/mol. The van der Waals surface area contributed by atoms with E-state index in [4.69, 9.17) is 0 Å². The number of rotatable bonds is 3. The molecule has 1 aromatic carbocycles. The predicted octanol–water partition coefficient (Wildman–Crippen LogP) is 2.60. The van der Waals surface area contributed by atoms with Gasteiger partial charge in [-0.1, -0.05) is 22.0 Å². The number of halogens is 2. The zero-order valence-corrected chi connectivity index (χ0v) is 10.9. The lowest BCUT2D eigenvalue weighted by Gasteiger charge is -2.10. The molecule has 0 spiro atoms. The summed E-state index contributed by atoms with van der Waals surface area (Å²) in [6.45, 7) is 0. The van der Waals surface area contributed by atoms with E-state index in [1.165, 1.54) is 12.1 Å². The molecule has 17 heavy (non-hydrogen) atoms. The van der Waals surface area contributed by atoms with Gasteiger partial charge in [-0.3, -0.25) is 4.68 Å². The Hall–Kier alpha value is -1.20. The van der Waals surface area contributed by atoms with Crippen molar-refractivity contribution in [3.05, 3.63) is 52.0 Å². The fourth-order valence-electron chi connectivity index (χ4n) is 1.63. The molecule has 5 heteroatoms. The molecule has 0 amide bonds. The summed E-state index contributed by atoms with van der Waals surface area (Å²) in [6.07, 6.45) is 3.18. The molecular formula is C12H12BrFN2O. The fraction of sp³-hybridized carbons (Fsp3) is 0.250. The van der Waals surface area contributed by atoms with Crippen LogP contribution in [0.25, 0.3) is 0 Å². The number of hydrogen-bond donors (Lipinski definition) is 1. The minimum atomic E-state index is -0.634. The van der Waals surface area contributed by atoms with Crippen LogP contribution in [0.2, 0.25) is 0 Å². The molecule has 90 valence electrons. The van der Waals surface area contributed by atoms with Crippen molar-refractivity contribution < 1.29 is 9.50 Å². The van der Waals surface area contributed by atoms with E-state index in [0.29, 0.717) is 10.9 Å². The highest BCUT2D eigenvalue weighted by molar-refractivity contribution is 9.10. The Morgan fingerprint density at radius 3 is 2.88 bits per heavy atom. The Morgan fingerprint density at radius 1 is 1.53 bits per heavy atom. The summed E-state index contributed by atoms with van der Waals surface area (Å²) in [7, 11) is 1.80. The second-order valence-electron chi connectivity index (χ2n) is 3.90. The summed E-state index contributed by atoms with van der Waals surface area (Å²) in [5, 5.41) is 14.0. The lowest BCUT2D eigenvalue weighted by Crippen LogP contribution is -2.01. The maximum Gasteiger partial charge on any atom is 0.124 e. The molecule has 2 aromatic rings. The van der Waals surface area contributed by atoms with Crippen LogP contribution in [0.4, 0.5) is 4.39 Å². The van der Waals surface area contributed by atoms with Crippen molar-refractivity contribution in [1.29, 1.82) is 0 Å². The average molecular weight is 299 g/mol. The first-order valence-corrected chi connectivity index (χ1v) is 5.96. The molecule has 1 heterocycles. The number of hydrogen-bond acceptors (Lipinski definition) is 2. The second-order valence-corrected chi connectivity index (χ2v) is 4.76. The number of aryl methyl sites for hydroxylation is 1. The van der Waals surface area contributed by atoms with Gasteiger partial charge in [0.1, 0.15) is 5.82 Å². The maximum absolute atomic E-state index is 12.9. The molecule has 0 aliphatic carbocycles. The van der Waals surface area contributed by atoms with Crippen LogP contribution in [0, 0.1) is 5.82 Å². The van der Waals surface area contributed by atoms with Gasteiger partial charge in [0, 0.05) is 29.7 Å². The van der Waals surface area contributed by atoms with E-state index in [2.05, 4.69) is 21.0 Å². The molecule has 0 bridgehead atoms. The third kappa shape index (κ3) is 2.92. The number of nitrogens with zero attached hydrogens (tertiary/aromatic N) is 2. The largest absolute Gasteiger partial charge is 0.388 e. The molecule has 1 aromatic heterocycles. The Morgan fingerprint density at radius 2 is 2.29 bits per heavy atom. The van der Waals surface area contributed by atoms with Crippen molar-refractivity contribution in [2.24, 2.45) is 7.05 Å². The summed E-state index contributed by atoms with van der Waals surface area (Å²) >= 11 is 3.28. The van der Waals surface area contributed by atoms with E-state index >= 15 is 0 Å². The third-order valence-electron chi connectivity index (χ3n) is 2.54. The SMILES string of the molecule is Cn1cc(C(O)Cc2ccc(F)cc2Br)cn1. The van der Waals surface area contributed by atoms with Crippen LogP contribution in [-0.2, 0) is 13.5 Å². The number of benzene rings is 1. The van der Waals surface area contributed by atoms with Crippen LogP contribution in [0.15, 0.2) is 35.1 Å². The summed E-state index contributed by atoms with van der Waals surface area (Å²) in [5.74, 6) is -0.295. The van der Waals surface area contributed by atoms with E-state index < -0.39 is 6.10 Å². The highest BCUT2D eigenvalue weighted by Gasteiger charge is 2.12. The number of aliphatic hydroxyl groups excluding tert-OH is 1. The molecule has 0 saturated heterocycles. The molecule has 0 aliphatic rings. The Kier molecular flexibility index (Phi) is 3.59. The molecule has 0 saturated carbocycles. The van der Waals surface area contributed by atoms with Crippen molar-refractivity contribution in [2.45, 2.75) is 12.5 Å². The van der Waals surface area contributed by atoms with Crippen LogP contribution >= 0.6 is 15.9 Å². The summed E-state index contributed by atoms with van der Waals surface area (Å²) in [4.78, 5) is 0. The van der Waals surface area contributed by atoms with Gasteiger partial charge in [0.25, 0.3) is 0 Å². The Labute approximate surface area is 107 Å². The van der Waals surface area contributed by atoms with E-state index in [1.807, 2.05) is 0 Å². The molecular weight excluding hydrogens is 287 g/mol. The molecule has 3 nitrogen and oxygen atoms in total. The summed E-state index contributed by atoms with van der Waals surface area (Å²) < 4.78 is 15.2. The van der Waals surface area contributed by atoms with Gasteiger partial charge in [0.2, 0.25) is 0 Å². The van der Waals surface area contributed by atoms with Gasteiger partial charge >= 0.3 is 0 Å². The highest BCUT2D eigenvalue weighted by atomic mass is 79.9. The molecule has 0 aliphatic heterocycles. The van der Waals surface area contributed by atoms with E-state index in [0.717, 1.165) is 11.1 Å². The van der Waals surface area contributed by atoms with Gasteiger partial charge in [-0.05, 0) is 17.7 Å². The van der Waals surface area contributed by atoms with Gasteiger partial charge in [0.05, 0.1) is 12.3 Å². The van der Waals surface area contributed by atoms with Crippen molar-refractivity contribution >= 4 is 15.9 Å². The van der Waals surface area contributed by atoms with Crippen molar-refractivity contribution in [2.75, 3.05) is 0 Å². The van der Waals surface area contributed by atoms with Crippen molar-refractivity contribution in [1.82, 2.24) is 9.78 Å². The van der Waals surface area contributed by atoms with E-state index in [-0.39, 0.29) is 5.82 Å². The minimum Gasteiger partial charge on any atom is -0.388 e. The Balaban J connectivity index is 2.15. The van der Waals surface area contributed by atoms with E-state index in [1.54, 1.807) is 30.2 Å². The van der Waals surface area contributed by atoms with Crippen LogP contribution in [0.5, 0.6) is 0 Å². The van der Waals surface area contributed by atoms with Gasteiger partial charge in [-0.2, -0.15) is 5.10 Å².